The number of fused-ring (bicyclic) bond motifs is 1. The van der Waals surface area contributed by atoms with Crippen LogP contribution in [0, 0.1) is 0 Å². The second-order valence-corrected chi connectivity index (χ2v) is 7.17. The van der Waals surface area contributed by atoms with Gasteiger partial charge >= 0.3 is 0 Å². The quantitative estimate of drug-likeness (QED) is 0.635. The van der Waals surface area contributed by atoms with E-state index in [4.69, 9.17) is 9.47 Å². The highest BCUT2D eigenvalue weighted by Crippen LogP contribution is 2.33. The minimum absolute atomic E-state index is 0.139. The molecule has 2 aromatic carbocycles. The molecule has 28 heavy (non-hydrogen) atoms. The van der Waals surface area contributed by atoms with Crippen LogP contribution in [-0.2, 0) is 17.8 Å². The summed E-state index contributed by atoms with van der Waals surface area (Å²) in [5.41, 5.74) is 3.02. The van der Waals surface area contributed by atoms with Crippen LogP contribution < -0.4 is 9.47 Å². The molecule has 5 nitrogen and oxygen atoms in total. The molecule has 1 saturated carbocycles. The highest BCUT2D eigenvalue weighted by molar-refractivity contribution is 5.93. The van der Waals surface area contributed by atoms with Crippen LogP contribution in [-0.4, -0.2) is 35.5 Å². The molecule has 5 heteroatoms. The summed E-state index contributed by atoms with van der Waals surface area (Å²) in [6.45, 7) is 3.15. The van der Waals surface area contributed by atoms with Crippen molar-refractivity contribution in [3.05, 3.63) is 59.8 Å². The number of nitrogens with zero attached hydrogens (tertiary/aromatic N) is 1. The number of H-pyrrole nitrogens is 1. The van der Waals surface area contributed by atoms with E-state index in [0.29, 0.717) is 25.6 Å². The van der Waals surface area contributed by atoms with Crippen molar-refractivity contribution in [1.82, 2.24) is 9.88 Å². The fourth-order valence-electron chi connectivity index (χ4n) is 3.72. The topological polar surface area (TPSA) is 54.6 Å². The number of methoxy groups -OCH3 is 1. The first-order valence-electron chi connectivity index (χ1n) is 9.84. The van der Waals surface area contributed by atoms with Gasteiger partial charge in [-0.1, -0.05) is 24.3 Å². The van der Waals surface area contributed by atoms with Crippen molar-refractivity contribution in [2.75, 3.05) is 13.7 Å². The summed E-state index contributed by atoms with van der Waals surface area (Å²) in [6.07, 6.45) is 4.42. The van der Waals surface area contributed by atoms with Crippen LogP contribution in [0.3, 0.4) is 0 Å². The van der Waals surface area contributed by atoms with Crippen LogP contribution in [0.2, 0.25) is 0 Å². The number of ether oxygens (including phenoxy) is 2. The lowest BCUT2D eigenvalue weighted by Gasteiger charge is -2.23. The van der Waals surface area contributed by atoms with Crippen molar-refractivity contribution in [3.8, 4) is 11.5 Å². The van der Waals surface area contributed by atoms with Crippen LogP contribution >= 0.6 is 0 Å². The summed E-state index contributed by atoms with van der Waals surface area (Å²) in [7, 11) is 1.67. The molecule has 1 N–H and O–H groups in total. The Morgan fingerprint density at radius 2 is 1.89 bits per heavy atom. The van der Waals surface area contributed by atoms with Crippen LogP contribution in [0.15, 0.2) is 48.7 Å². The van der Waals surface area contributed by atoms with Crippen LogP contribution in [0.1, 0.15) is 30.9 Å². The molecule has 0 atom stereocenters. The highest BCUT2D eigenvalue weighted by Gasteiger charge is 2.33. The molecule has 3 aromatic rings. The third-order valence-electron chi connectivity index (χ3n) is 5.23. The standard InChI is InChI=1S/C23H26N2O3/c1-3-28-21-10-6-8-19-23(21)17(14-24-19)13-22(26)25(18-11-12-18)15-16-7-4-5-9-20(16)27-2/h4-10,14,18,24H,3,11-13,15H2,1-2H3. The monoisotopic (exact) mass is 378 g/mol. The van der Waals surface area contributed by atoms with E-state index in [0.717, 1.165) is 46.4 Å². The maximum absolute atomic E-state index is 13.2. The van der Waals surface area contributed by atoms with Crippen molar-refractivity contribution in [2.24, 2.45) is 0 Å². The third kappa shape index (κ3) is 3.70. The van der Waals surface area contributed by atoms with Crippen molar-refractivity contribution in [3.63, 3.8) is 0 Å². The summed E-state index contributed by atoms with van der Waals surface area (Å²) in [5, 5.41) is 1.01. The Kier molecular flexibility index (Phi) is 5.24. The molecule has 0 spiro atoms. The van der Waals surface area contributed by atoms with E-state index in [-0.39, 0.29) is 5.91 Å². The SMILES string of the molecule is CCOc1cccc2[nH]cc(CC(=O)N(Cc3ccccc3OC)C3CC3)c12. The third-order valence-corrected chi connectivity index (χ3v) is 5.23. The van der Waals surface area contributed by atoms with Gasteiger partial charge in [0.05, 0.1) is 20.1 Å². The second kappa shape index (κ2) is 7.97. The first-order valence-corrected chi connectivity index (χ1v) is 9.84. The predicted octanol–water partition coefficient (Wildman–Crippen LogP) is 4.31. The maximum atomic E-state index is 13.2. The van der Waals surface area contributed by atoms with Crippen molar-refractivity contribution in [1.29, 1.82) is 0 Å². The van der Waals surface area contributed by atoms with Gasteiger partial charge in [0.25, 0.3) is 0 Å². The van der Waals surface area contributed by atoms with E-state index < -0.39 is 0 Å². The number of amides is 1. The van der Waals surface area contributed by atoms with Gasteiger partial charge in [0.1, 0.15) is 11.5 Å². The van der Waals surface area contributed by atoms with Crippen LogP contribution in [0.5, 0.6) is 11.5 Å². The fourth-order valence-corrected chi connectivity index (χ4v) is 3.72. The molecule has 1 aliphatic rings. The molecule has 146 valence electrons. The van der Waals surface area contributed by atoms with Gasteiger partial charge in [0, 0.05) is 35.2 Å². The Morgan fingerprint density at radius 1 is 1.11 bits per heavy atom. The molecule has 0 radical (unpaired) electrons. The molecule has 1 heterocycles. The van der Waals surface area contributed by atoms with Gasteiger partial charge < -0.3 is 19.4 Å². The molecule has 4 rings (SSSR count). The lowest BCUT2D eigenvalue weighted by atomic mass is 10.1. The Hall–Kier alpha value is -2.95. The van der Waals surface area contributed by atoms with Gasteiger partial charge in [0.2, 0.25) is 5.91 Å². The van der Waals surface area contributed by atoms with Gasteiger partial charge in [-0.2, -0.15) is 0 Å². The summed E-state index contributed by atoms with van der Waals surface area (Å²) in [5.74, 6) is 1.79. The number of hydrogen-bond acceptors (Lipinski definition) is 3. The molecule has 1 aromatic heterocycles. The Morgan fingerprint density at radius 3 is 2.64 bits per heavy atom. The molecular formula is C23H26N2O3. The number of benzene rings is 2. The van der Waals surface area contributed by atoms with Gasteiger partial charge in [-0.25, -0.2) is 0 Å². The number of hydrogen-bond donors (Lipinski definition) is 1. The largest absolute Gasteiger partial charge is 0.496 e. The molecule has 1 fully saturated rings. The summed E-state index contributed by atoms with van der Waals surface area (Å²) in [6, 6.07) is 14.2. The molecule has 0 aliphatic heterocycles. The van der Waals surface area contributed by atoms with Crippen molar-refractivity contribution >= 4 is 16.8 Å². The van der Waals surface area contributed by atoms with Crippen LogP contribution in [0.25, 0.3) is 10.9 Å². The number of aromatic amines is 1. The summed E-state index contributed by atoms with van der Waals surface area (Å²) < 4.78 is 11.3. The zero-order chi connectivity index (χ0) is 19.5. The van der Waals surface area contributed by atoms with Gasteiger partial charge in [-0.05, 0) is 43.5 Å². The Bertz CT molecular complexity index is 975. The van der Waals surface area contributed by atoms with Crippen molar-refractivity contribution < 1.29 is 14.3 Å². The lowest BCUT2D eigenvalue weighted by Crippen LogP contribution is -2.33. The second-order valence-electron chi connectivity index (χ2n) is 7.17. The smallest absolute Gasteiger partial charge is 0.227 e. The van der Waals surface area contributed by atoms with E-state index in [1.165, 1.54) is 0 Å². The molecule has 1 aliphatic carbocycles. The maximum Gasteiger partial charge on any atom is 0.227 e. The first kappa shape index (κ1) is 18.4. The van der Waals surface area contributed by atoms with Gasteiger partial charge in [-0.3, -0.25) is 4.79 Å². The average Bonchev–Trinajstić information content (AvgIpc) is 3.47. The molecule has 0 bridgehead atoms. The fraction of sp³-hybridized carbons (Fsp3) is 0.348. The zero-order valence-corrected chi connectivity index (χ0v) is 16.4. The van der Waals surface area contributed by atoms with E-state index in [9.17, 15) is 4.79 Å². The zero-order valence-electron chi connectivity index (χ0n) is 16.4. The number of carbonyl (C=O) groups excluding carboxylic acids is 1. The number of para-hydroxylation sites is 1. The minimum atomic E-state index is 0.139. The minimum Gasteiger partial charge on any atom is -0.496 e. The normalized spacial score (nSPS) is 13.5. The molecule has 0 saturated heterocycles. The molecular weight excluding hydrogens is 352 g/mol. The number of aromatic nitrogens is 1. The number of carbonyl (C=O) groups is 1. The summed E-state index contributed by atoms with van der Waals surface area (Å²) >= 11 is 0. The van der Waals surface area contributed by atoms with Crippen LogP contribution in [0.4, 0.5) is 0 Å². The predicted molar refractivity (Wildman–Crippen MR) is 110 cm³/mol. The first-order chi connectivity index (χ1) is 13.7. The number of rotatable bonds is 8. The van der Waals surface area contributed by atoms with Gasteiger partial charge in [0.15, 0.2) is 0 Å². The van der Waals surface area contributed by atoms with E-state index in [2.05, 4.69) is 4.98 Å². The average molecular weight is 378 g/mol. The Balaban J connectivity index is 1.58. The molecule has 1 amide bonds. The van der Waals surface area contributed by atoms with E-state index in [1.807, 2.05) is 60.5 Å². The number of nitrogens with one attached hydrogen (secondary N) is 1. The van der Waals surface area contributed by atoms with E-state index >= 15 is 0 Å². The van der Waals surface area contributed by atoms with Gasteiger partial charge in [-0.15, -0.1) is 0 Å². The molecule has 0 unspecified atom stereocenters. The van der Waals surface area contributed by atoms with Crippen molar-refractivity contribution in [2.45, 2.75) is 38.8 Å². The summed E-state index contributed by atoms with van der Waals surface area (Å²) in [4.78, 5) is 18.5. The van der Waals surface area contributed by atoms with E-state index in [1.54, 1.807) is 7.11 Å². The highest BCUT2D eigenvalue weighted by atomic mass is 16.5. The lowest BCUT2D eigenvalue weighted by molar-refractivity contribution is -0.131. The Labute approximate surface area is 165 Å².